The summed E-state index contributed by atoms with van der Waals surface area (Å²) in [6.07, 6.45) is 0. The minimum atomic E-state index is 0.0362. The number of aliphatic hydroxyl groups excluding tert-OH is 1. The van der Waals surface area contributed by atoms with Crippen molar-refractivity contribution in [3.8, 4) is 5.75 Å². The number of rotatable bonds is 5. The Morgan fingerprint density at radius 1 is 1.22 bits per heavy atom. The maximum absolute atomic E-state index is 9.33. The second-order valence-corrected chi connectivity index (χ2v) is 5.96. The SMILES string of the molecule is Cc1cccc(OCc2nc3ccc(Cl)cc3n2CCO)c1C. The Labute approximate surface area is 140 Å². The maximum Gasteiger partial charge on any atom is 0.148 e. The molecular formula is C18H19ClN2O2. The summed E-state index contributed by atoms with van der Waals surface area (Å²) in [7, 11) is 0. The van der Waals surface area contributed by atoms with Crippen LogP contribution < -0.4 is 4.74 Å². The van der Waals surface area contributed by atoms with Crippen LogP contribution in [0.15, 0.2) is 36.4 Å². The van der Waals surface area contributed by atoms with Gasteiger partial charge in [-0.3, -0.25) is 0 Å². The van der Waals surface area contributed by atoms with Crippen molar-refractivity contribution in [3.05, 3.63) is 58.4 Å². The molecule has 0 saturated carbocycles. The van der Waals surface area contributed by atoms with E-state index in [1.54, 1.807) is 0 Å². The lowest BCUT2D eigenvalue weighted by molar-refractivity contribution is 0.259. The van der Waals surface area contributed by atoms with Gasteiger partial charge >= 0.3 is 0 Å². The summed E-state index contributed by atoms with van der Waals surface area (Å²) in [5.74, 6) is 1.63. The third kappa shape index (κ3) is 3.19. The van der Waals surface area contributed by atoms with Gasteiger partial charge in [0.05, 0.1) is 17.6 Å². The van der Waals surface area contributed by atoms with E-state index in [9.17, 15) is 5.11 Å². The number of benzene rings is 2. The monoisotopic (exact) mass is 330 g/mol. The van der Waals surface area contributed by atoms with Crippen LogP contribution in [0.4, 0.5) is 0 Å². The van der Waals surface area contributed by atoms with Crippen molar-refractivity contribution in [2.45, 2.75) is 27.0 Å². The molecular weight excluding hydrogens is 312 g/mol. The fourth-order valence-corrected chi connectivity index (χ4v) is 2.79. The topological polar surface area (TPSA) is 47.3 Å². The molecule has 0 unspecified atom stereocenters. The molecule has 0 aliphatic heterocycles. The van der Waals surface area contributed by atoms with Gasteiger partial charge in [0.1, 0.15) is 18.2 Å². The van der Waals surface area contributed by atoms with Gasteiger partial charge in [-0.05, 0) is 49.2 Å². The molecule has 1 aromatic heterocycles. The highest BCUT2D eigenvalue weighted by atomic mass is 35.5. The largest absolute Gasteiger partial charge is 0.485 e. The molecule has 1 heterocycles. The summed E-state index contributed by atoms with van der Waals surface area (Å²) in [6, 6.07) is 11.6. The van der Waals surface area contributed by atoms with Crippen LogP contribution in [-0.2, 0) is 13.2 Å². The summed E-state index contributed by atoms with van der Waals surface area (Å²) in [5, 5.41) is 9.99. The molecule has 3 aromatic rings. The lowest BCUT2D eigenvalue weighted by Crippen LogP contribution is -2.10. The van der Waals surface area contributed by atoms with Gasteiger partial charge in [-0.15, -0.1) is 0 Å². The average Bonchev–Trinajstić information content (AvgIpc) is 2.87. The van der Waals surface area contributed by atoms with Crippen molar-refractivity contribution in [3.63, 3.8) is 0 Å². The number of imidazole rings is 1. The molecule has 0 bridgehead atoms. The van der Waals surface area contributed by atoms with Gasteiger partial charge in [0.15, 0.2) is 0 Å². The maximum atomic E-state index is 9.33. The van der Waals surface area contributed by atoms with E-state index < -0.39 is 0 Å². The van der Waals surface area contributed by atoms with E-state index in [2.05, 4.69) is 18.0 Å². The van der Waals surface area contributed by atoms with Crippen molar-refractivity contribution < 1.29 is 9.84 Å². The molecule has 0 spiro atoms. The number of aryl methyl sites for hydroxylation is 1. The smallest absolute Gasteiger partial charge is 0.148 e. The lowest BCUT2D eigenvalue weighted by Gasteiger charge is -2.12. The predicted molar refractivity (Wildman–Crippen MR) is 92.1 cm³/mol. The van der Waals surface area contributed by atoms with Crippen molar-refractivity contribution in [2.24, 2.45) is 0 Å². The van der Waals surface area contributed by atoms with Gasteiger partial charge in [0.2, 0.25) is 0 Å². The Morgan fingerprint density at radius 2 is 2.04 bits per heavy atom. The van der Waals surface area contributed by atoms with Crippen LogP contribution in [0, 0.1) is 13.8 Å². The van der Waals surface area contributed by atoms with Crippen LogP contribution in [0.5, 0.6) is 5.75 Å². The number of aromatic nitrogens is 2. The quantitative estimate of drug-likeness (QED) is 0.772. The number of fused-ring (bicyclic) bond motifs is 1. The van der Waals surface area contributed by atoms with Crippen molar-refractivity contribution in [2.75, 3.05) is 6.61 Å². The molecule has 3 rings (SSSR count). The normalized spacial score (nSPS) is 11.1. The summed E-state index contributed by atoms with van der Waals surface area (Å²) in [4.78, 5) is 4.61. The number of hydrogen-bond donors (Lipinski definition) is 1. The van der Waals surface area contributed by atoms with Crippen molar-refractivity contribution >= 4 is 22.6 Å². The minimum Gasteiger partial charge on any atom is -0.485 e. The van der Waals surface area contributed by atoms with Gasteiger partial charge in [0.25, 0.3) is 0 Å². The average molecular weight is 331 g/mol. The first-order valence-corrected chi connectivity index (χ1v) is 7.92. The van der Waals surface area contributed by atoms with E-state index in [0.29, 0.717) is 18.2 Å². The summed E-state index contributed by atoms with van der Waals surface area (Å²) < 4.78 is 7.90. The van der Waals surface area contributed by atoms with Crippen LogP contribution in [-0.4, -0.2) is 21.3 Å². The lowest BCUT2D eigenvalue weighted by atomic mass is 10.1. The van der Waals surface area contributed by atoms with Gasteiger partial charge in [-0.2, -0.15) is 0 Å². The Kier molecular flexibility index (Phi) is 4.55. The first-order chi connectivity index (χ1) is 11.1. The molecule has 0 fully saturated rings. The van der Waals surface area contributed by atoms with Gasteiger partial charge < -0.3 is 14.4 Å². The molecule has 0 aliphatic carbocycles. The van der Waals surface area contributed by atoms with E-state index in [1.165, 1.54) is 5.56 Å². The highest BCUT2D eigenvalue weighted by Crippen LogP contribution is 2.24. The molecule has 0 saturated heterocycles. The Bertz CT molecular complexity index is 842. The second-order valence-electron chi connectivity index (χ2n) is 5.52. The van der Waals surface area contributed by atoms with Crippen molar-refractivity contribution in [1.29, 1.82) is 0 Å². The second kappa shape index (κ2) is 6.60. The highest BCUT2D eigenvalue weighted by Gasteiger charge is 2.12. The molecule has 0 aliphatic rings. The van der Waals surface area contributed by atoms with E-state index >= 15 is 0 Å². The molecule has 4 nitrogen and oxygen atoms in total. The van der Waals surface area contributed by atoms with Crippen LogP contribution in [0.25, 0.3) is 11.0 Å². The molecule has 23 heavy (non-hydrogen) atoms. The van der Waals surface area contributed by atoms with Crippen LogP contribution in [0.2, 0.25) is 5.02 Å². The molecule has 1 N–H and O–H groups in total. The fourth-order valence-electron chi connectivity index (χ4n) is 2.63. The van der Waals surface area contributed by atoms with Crippen LogP contribution in [0.1, 0.15) is 17.0 Å². The highest BCUT2D eigenvalue weighted by molar-refractivity contribution is 6.31. The van der Waals surface area contributed by atoms with E-state index in [1.807, 2.05) is 41.8 Å². The number of hydrogen-bond acceptors (Lipinski definition) is 3. The van der Waals surface area contributed by atoms with Gasteiger partial charge in [0, 0.05) is 11.6 Å². The summed E-state index contributed by atoms with van der Waals surface area (Å²) in [5.41, 5.74) is 4.08. The Hall–Kier alpha value is -2.04. The van der Waals surface area contributed by atoms with E-state index in [4.69, 9.17) is 16.3 Å². The zero-order valence-electron chi connectivity index (χ0n) is 13.2. The molecule has 2 aromatic carbocycles. The molecule has 0 atom stereocenters. The fraction of sp³-hybridized carbons (Fsp3) is 0.278. The van der Waals surface area contributed by atoms with E-state index in [0.717, 1.165) is 28.2 Å². The molecule has 0 amide bonds. The minimum absolute atomic E-state index is 0.0362. The summed E-state index contributed by atoms with van der Waals surface area (Å²) >= 11 is 6.08. The molecule has 120 valence electrons. The Morgan fingerprint density at radius 3 is 2.83 bits per heavy atom. The zero-order chi connectivity index (χ0) is 16.4. The van der Waals surface area contributed by atoms with Crippen LogP contribution in [0.3, 0.4) is 0 Å². The standard InChI is InChI=1S/C18H19ClN2O2/c1-12-4-3-5-17(13(12)2)23-11-18-20-15-7-6-14(19)10-16(15)21(18)8-9-22/h3-7,10,22H,8-9,11H2,1-2H3. The first-order valence-electron chi connectivity index (χ1n) is 7.54. The van der Waals surface area contributed by atoms with Gasteiger partial charge in [-0.1, -0.05) is 23.7 Å². The number of ether oxygens (including phenoxy) is 1. The number of halogens is 1. The van der Waals surface area contributed by atoms with E-state index in [-0.39, 0.29) is 6.61 Å². The number of aliphatic hydroxyl groups is 1. The third-order valence-electron chi connectivity index (χ3n) is 4.02. The zero-order valence-corrected chi connectivity index (χ0v) is 14.0. The summed E-state index contributed by atoms with van der Waals surface area (Å²) in [6.45, 7) is 4.94. The predicted octanol–water partition coefficient (Wildman–Crippen LogP) is 3.88. The van der Waals surface area contributed by atoms with Gasteiger partial charge in [-0.25, -0.2) is 4.98 Å². The molecule has 5 heteroatoms. The van der Waals surface area contributed by atoms with Crippen LogP contribution >= 0.6 is 11.6 Å². The Balaban J connectivity index is 1.93. The molecule has 0 radical (unpaired) electrons. The van der Waals surface area contributed by atoms with Crippen molar-refractivity contribution in [1.82, 2.24) is 9.55 Å². The third-order valence-corrected chi connectivity index (χ3v) is 4.26. The first kappa shape index (κ1) is 15.8. The number of nitrogens with zero attached hydrogens (tertiary/aromatic N) is 2.